The number of H-pyrrole nitrogens is 1. The van der Waals surface area contributed by atoms with Crippen molar-refractivity contribution in [1.29, 1.82) is 0 Å². The molecule has 1 atom stereocenters. The zero-order valence-corrected chi connectivity index (χ0v) is 17.2. The van der Waals surface area contributed by atoms with Gasteiger partial charge in [-0.05, 0) is 53.9 Å². The van der Waals surface area contributed by atoms with Gasteiger partial charge in [-0.1, -0.05) is 18.2 Å². The van der Waals surface area contributed by atoms with Crippen molar-refractivity contribution in [1.82, 2.24) is 15.1 Å². The van der Waals surface area contributed by atoms with Gasteiger partial charge < -0.3 is 14.4 Å². The molecule has 0 spiro atoms. The molecule has 6 heteroatoms. The molecule has 4 rings (SSSR count). The van der Waals surface area contributed by atoms with E-state index in [1.54, 1.807) is 7.11 Å². The quantitative estimate of drug-likeness (QED) is 0.717. The first-order valence-electron chi connectivity index (χ1n) is 10.0. The molecule has 0 bridgehead atoms. The van der Waals surface area contributed by atoms with E-state index < -0.39 is 0 Å². The second-order valence-corrected chi connectivity index (χ2v) is 7.59. The highest BCUT2D eigenvalue weighted by molar-refractivity contribution is 5.84. The maximum atomic E-state index is 12.8. The number of carbonyl (C=O) groups excluding carboxylic acids is 1. The highest BCUT2D eigenvalue weighted by Gasteiger charge is 2.25. The predicted octanol–water partition coefficient (Wildman–Crippen LogP) is 3.72. The van der Waals surface area contributed by atoms with Crippen molar-refractivity contribution in [3.05, 3.63) is 58.9 Å². The fourth-order valence-corrected chi connectivity index (χ4v) is 3.81. The Morgan fingerprint density at radius 3 is 2.79 bits per heavy atom. The van der Waals surface area contributed by atoms with E-state index in [-0.39, 0.29) is 12.0 Å². The summed E-state index contributed by atoms with van der Waals surface area (Å²) in [5.74, 6) is 1.00. The summed E-state index contributed by atoms with van der Waals surface area (Å²) in [6, 6.07) is 12.3. The Hall–Kier alpha value is -2.86. The largest absolute Gasteiger partial charge is 0.497 e. The summed E-state index contributed by atoms with van der Waals surface area (Å²) >= 11 is 0. The summed E-state index contributed by atoms with van der Waals surface area (Å²) < 4.78 is 11.3. The zero-order chi connectivity index (χ0) is 20.4. The second kappa shape index (κ2) is 8.25. The summed E-state index contributed by atoms with van der Waals surface area (Å²) in [6.45, 7) is 5.81. The van der Waals surface area contributed by atoms with E-state index in [1.165, 1.54) is 0 Å². The summed E-state index contributed by atoms with van der Waals surface area (Å²) in [4.78, 5) is 14.7. The number of aryl methyl sites for hydroxylation is 2. The average molecular weight is 393 g/mol. The number of aromatic amines is 1. The van der Waals surface area contributed by atoms with Crippen molar-refractivity contribution in [3.63, 3.8) is 0 Å². The van der Waals surface area contributed by atoms with Crippen LogP contribution in [0.1, 0.15) is 35.0 Å². The van der Waals surface area contributed by atoms with Crippen LogP contribution in [0.15, 0.2) is 36.4 Å². The number of methoxy groups -OCH3 is 1. The van der Waals surface area contributed by atoms with Gasteiger partial charge in [0.05, 0.1) is 26.0 Å². The smallest absolute Gasteiger partial charge is 0.223 e. The molecule has 2 heterocycles. The molecule has 3 aromatic rings. The first-order chi connectivity index (χ1) is 14.0. The summed E-state index contributed by atoms with van der Waals surface area (Å²) in [6.07, 6.45) is 1.03. The monoisotopic (exact) mass is 393 g/mol. The van der Waals surface area contributed by atoms with Crippen LogP contribution in [0.4, 0.5) is 0 Å². The highest BCUT2D eigenvalue weighted by Crippen LogP contribution is 2.28. The maximum Gasteiger partial charge on any atom is 0.223 e. The Bertz CT molecular complexity index is 1030. The lowest BCUT2D eigenvalue weighted by Gasteiger charge is -2.33. The van der Waals surface area contributed by atoms with Gasteiger partial charge in [0, 0.05) is 25.1 Å². The molecule has 1 amide bonds. The van der Waals surface area contributed by atoms with Crippen LogP contribution in [0.2, 0.25) is 0 Å². The van der Waals surface area contributed by atoms with E-state index in [2.05, 4.69) is 34.5 Å². The van der Waals surface area contributed by atoms with E-state index >= 15 is 0 Å². The first kappa shape index (κ1) is 19.5. The molecule has 152 valence electrons. The summed E-state index contributed by atoms with van der Waals surface area (Å²) in [7, 11) is 1.67. The molecule has 1 aromatic heterocycles. The number of hydrogen-bond acceptors (Lipinski definition) is 4. The van der Waals surface area contributed by atoms with Crippen LogP contribution in [0, 0.1) is 13.8 Å². The van der Waals surface area contributed by atoms with Crippen molar-refractivity contribution in [2.24, 2.45) is 0 Å². The molecule has 1 aliphatic heterocycles. The number of carbonyl (C=O) groups is 1. The molecule has 1 aliphatic rings. The number of ether oxygens (including phenoxy) is 2. The van der Waals surface area contributed by atoms with E-state index in [1.807, 2.05) is 30.9 Å². The molecular formula is C23H27N3O3. The average Bonchev–Trinajstić information content (AvgIpc) is 3.09. The molecule has 0 saturated carbocycles. The van der Waals surface area contributed by atoms with E-state index in [0.717, 1.165) is 39.0 Å². The number of fused-ring (bicyclic) bond motifs is 1. The highest BCUT2D eigenvalue weighted by atomic mass is 16.5. The number of hydrogen-bond donors (Lipinski definition) is 1. The van der Waals surface area contributed by atoms with Crippen LogP contribution in [0.3, 0.4) is 0 Å². The Labute approximate surface area is 170 Å². The van der Waals surface area contributed by atoms with Crippen LogP contribution in [0.25, 0.3) is 10.8 Å². The predicted molar refractivity (Wildman–Crippen MR) is 112 cm³/mol. The molecule has 0 unspecified atom stereocenters. The lowest BCUT2D eigenvalue weighted by molar-refractivity contribution is -0.139. The lowest BCUT2D eigenvalue weighted by atomic mass is 10.0. The minimum absolute atomic E-state index is 0.103. The lowest BCUT2D eigenvalue weighted by Crippen LogP contribution is -2.42. The van der Waals surface area contributed by atoms with E-state index in [4.69, 9.17) is 9.47 Å². The molecule has 0 radical (unpaired) electrons. The van der Waals surface area contributed by atoms with Gasteiger partial charge >= 0.3 is 0 Å². The van der Waals surface area contributed by atoms with Gasteiger partial charge in [0.25, 0.3) is 0 Å². The number of rotatable bonds is 5. The van der Waals surface area contributed by atoms with Gasteiger partial charge in [-0.25, -0.2) is 0 Å². The number of nitrogens with one attached hydrogen (secondary N) is 1. The van der Waals surface area contributed by atoms with Gasteiger partial charge in [-0.2, -0.15) is 5.10 Å². The maximum absolute atomic E-state index is 12.8. The number of morpholine rings is 1. The summed E-state index contributed by atoms with van der Waals surface area (Å²) in [5.41, 5.74) is 4.28. The minimum Gasteiger partial charge on any atom is -0.497 e. The molecule has 1 saturated heterocycles. The van der Waals surface area contributed by atoms with Gasteiger partial charge in [-0.15, -0.1) is 0 Å². The van der Waals surface area contributed by atoms with Crippen LogP contribution in [-0.2, 0) is 16.0 Å². The molecule has 29 heavy (non-hydrogen) atoms. The molecule has 1 N–H and O–H groups in total. The van der Waals surface area contributed by atoms with Gasteiger partial charge in [0.1, 0.15) is 11.9 Å². The Balaban J connectivity index is 1.43. The van der Waals surface area contributed by atoms with E-state index in [0.29, 0.717) is 32.5 Å². The third-order valence-corrected chi connectivity index (χ3v) is 5.79. The summed E-state index contributed by atoms with van der Waals surface area (Å²) in [5, 5.41) is 9.56. The standard InChI is InChI=1S/C23H27N3O3/c1-15-16(2)24-25-21(15)8-9-23(27)26-10-11-29-22(14-26)19-5-4-18-13-20(28-3)7-6-17(18)12-19/h4-7,12-13,22H,8-11,14H2,1-3H3,(H,24,25)/t22-/m1/s1. The molecule has 6 nitrogen and oxygen atoms in total. The third kappa shape index (κ3) is 4.12. The van der Waals surface area contributed by atoms with E-state index in [9.17, 15) is 4.79 Å². The second-order valence-electron chi connectivity index (χ2n) is 7.59. The minimum atomic E-state index is -0.103. The fraction of sp³-hybridized carbons (Fsp3) is 0.391. The van der Waals surface area contributed by atoms with Crippen LogP contribution in [-0.4, -0.2) is 47.8 Å². The SMILES string of the molecule is COc1ccc2cc([C@H]3CN(C(=O)CCc4n[nH]c(C)c4C)CCO3)ccc2c1. The number of amides is 1. The fourth-order valence-electron chi connectivity index (χ4n) is 3.81. The Morgan fingerprint density at radius 1 is 1.24 bits per heavy atom. The van der Waals surface area contributed by atoms with Gasteiger partial charge in [-0.3, -0.25) is 9.89 Å². The number of benzene rings is 2. The Morgan fingerprint density at radius 2 is 2.03 bits per heavy atom. The van der Waals surface area contributed by atoms with Crippen LogP contribution < -0.4 is 4.74 Å². The van der Waals surface area contributed by atoms with Crippen LogP contribution in [0.5, 0.6) is 5.75 Å². The van der Waals surface area contributed by atoms with Crippen molar-refractivity contribution in [2.75, 3.05) is 26.8 Å². The van der Waals surface area contributed by atoms with Crippen molar-refractivity contribution < 1.29 is 14.3 Å². The zero-order valence-electron chi connectivity index (χ0n) is 17.2. The Kier molecular flexibility index (Phi) is 5.53. The first-order valence-corrected chi connectivity index (χ1v) is 10.0. The van der Waals surface area contributed by atoms with Crippen molar-refractivity contribution >= 4 is 16.7 Å². The molecule has 0 aliphatic carbocycles. The van der Waals surface area contributed by atoms with Crippen LogP contribution >= 0.6 is 0 Å². The third-order valence-electron chi connectivity index (χ3n) is 5.79. The van der Waals surface area contributed by atoms with Crippen molar-refractivity contribution in [3.8, 4) is 5.75 Å². The van der Waals surface area contributed by atoms with Crippen molar-refractivity contribution in [2.45, 2.75) is 32.8 Å². The number of nitrogens with zero attached hydrogens (tertiary/aromatic N) is 2. The molecule has 1 fully saturated rings. The number of aromatic nitrogens is 2. The van der Waals surface area contributed by atoms with Gasteiger partial charge in [0.15, 0.2) is 0 Å². The topological polar surface area (TPSA) is 67.5 Å². The normalized spacial score (nSPS) is 16.9. The molecular weight excluding hydrogens is 366 g/mol. The molecule has 2 aromatic carbocycles. The van der Waals surface area contributed by atoms with Gasteiger partial charge in [0.2, 0.25) is 5.91 Å².